The van der Waals surface area contributed by atoms with E-state index in [2.05, 4.69) is 5.32 Å². The summed E-state index contributed by atoms with van der Waals surface area (Å²) in [7, 11) is -3.52. The van der Waals surface area contributed by atoms with Crippen LogP contribution in [0.15, 0.2) is 46.0 Å². The molecule has 0 aliphatic carbocycles. The topological polar surface area (TPSA) is 75.7 Å². The summed E-state index contributed by atoms with van der Waals surface area (Å²) >= 11 is 7.21. The van der Waals surface area contributed by atoms with Crippen molar-refractivity contribution in [3.63, 3.8) is 0 Å². The maximum absolute atomic E-state index is 12.6. The Morgan fingerprint density at radius 1 is 1.30 bits per heavy atom. The smallest absolute Gasteiger partial charge is 0.252 e. The number of carbonyl (C=O) groups excluding carboxylic acids is 1. The highest BCUT2D eigenvalue weighted by Crippen LogP contribution is 2.26. The van der Waals surface area contributed by atoms with Crippen molar-refractivity contribution in [2.24, 2.45) is 5.92 Å². The number of amides is 1. The first-order valence-electron chi connectivity index (χ1n) is 8.67. The molecule has 1 saturated heterocycles. The van der Waals surface area contributed by atoms with Crippen LogP contribution >= 0.6 is 22.9 Å². The number of thiophene rings is 1. The summed E-state index contributed by atoms with van der Waals surface area (Å²) in [4.78, 5) is 12.4. The van der Waals surface area contributed by atoms with E-state index in [9.17, 15) is 13.2 Å². The molecule has 27 heavy (non-hydrogen) atoms. The molecule has 0 radical (unpaired) electrons. The fraction of sp³-hybridized carbons (Fsp3) is 0.389. The molecule has 6 nitrogen and oxygen atoms in total. The van der Waals surface area contributed by atoms with Crippen molar-refractivity contribution in [2.75, 3.05) is 26.2 Å². The molecule has 1 fully saturated rings. The summed E-state index contributed by atoms with van der Waals surface area (Å²) in [6.07, 6.45) is 1.34. The SMILES string of the molecule is O=C(NCCOc1ccccc1Cl)C1CCCN(S(=O)(=O)c2cccs2)C1. The lowest BCUT2D eigenvalue weighted by Gasteiger charge is -2.30. The van der Waals surface area contributed by atoms with Gasteiger partial charge in [0, 0.05) is 13.1 Å². The number of hydrogen-bond acceptors (Lipinski definition) is 5. The molecule has 1 atom stereocenters. The van der Waals surface area contributed by atoms with Crippen molar-refractivity contribution in [1.82, 2.24) is 9.62 Å². The molecule has 1 aromatic heterocycles. The fourth-order valence-corrected chi connectivity index (χ4v) is 5.81. The molecule has 1 aliphatic rings. The number of nitrogens with one attached hydrogen (secondary N) is 1. The minimum atomic E-state index is -3.52. The van der Waals surface area contributed by atoms with Crippen LogP contribution in [0.3, 0.4) is 0 Å². The highest BCUT2D eigenvalue weighted by molar-refractivity contribution is 7.91. The lowest BCUT2D eigenvalue weighted by molar-refractivity contribution is -0.126. The van der Waals surface area contributed by atoms with E-state index in [-0.39, 0.29) is 18.4 Å². The minimum Gasteiger partial charge on any atom is -0.490 e. The Hall–Kier alpha value is -1.61. The first kappa shape index (κ1) is 20.1. The number of sulfonamides is 1. The fourth-order valence-electron chi connectivity index (χ4n) is 2.95. The molecule has 1 aliphatic heterocycles. The lowest BCUT2D eigenvalue weighted by Crippen LogP contribution is -2.45. The Labute approximate surface area is 168 Å². The Morgan fingerprint density at radius 2 is 2.11 bits per heavy atom. The number of halogens is 1. The minimum absolute atomic E-state index is 0.149. The third kappa shape index (κ3) is 5.01. The first-order chi connectivity index (χ1) is 13.0. The second-order valence-corrected chi connectivity index (χ2v) is 9.72. The average molecular weight is 429 g/mol. The maximum atomic E-state index is 12.6. The van der Waals surface area contributed by atoms with Gasteiger partial charge in [0.1, 0.15) is 16.6 Å². The van der Waals surface area contributed by atoms with Crippen molar-refractivity contribution < 1.29 is 17.9 Å². The van der Waals surface area contributed by atoms with E-state index in [1.807, 2.05) is 12.1 Å². The molecular weight excluding hydrogens is 408 g/mol. The van der Waals surface area contributed by atoms with Crippen LogP contribution in [0.4, 0.5) is 0 Å². The van der Waals surface area contributed by atoms with Gasteiger partial charge in [0.15, 0.2) is 0 Å². The summed E-state index contributed by atoms with van der Waals surface area (Å²) < 4.78 is 32.5. The van der Waals surface area contributed by atoms with E-state index in [4.69, 9.17) is 16.3 Å². The molecule has 0 bridgehead atoms. The van der Waals surface area contributed by atoms with Gasteiger partial charge in [0.05, 0.1) is 17.5 Å². The number of nitrogens with zero attached hydrogens (tertiary/aromatic N) is 1. The van der Waals surface area contributed by atoms with Crippen molar-refractivity contribution in [2.45, 2.75) is 17.1 Å². The van der Waals surface area contributed by atoms with Crippen LogP contribution < -0.4 is 10.1 Å². The Kier molecular flexibility index (Phi) is 6.75. The van der Waals surface area contributed by atoms with Gasteiger partial charge >= 0.3 is 0 Å². The maximum Gasteiger partial charge on any atom is 0.252 e. The molecule has 146 valence electrons. The zero-order valence-electron chi connectivity index (χ0n) is 14.6. The second kappa shape index (κ2) is 9.05. The van der Waals surface area contributed by atoms with Gasteiger partial charge in [-0.15, -0.1) is 11.3 Å². The number of benzene rings is 1. The van der Waals surface area contributed by atoms with Crippen LogP contribution in [0.5, 0.6) is 5.75 Å². The zero-order chi connectivity index (χ0) is 19.3. The number of hydrogen-bond donors (Lipinski definition) is 1. The molecular formula is C18H21ClN2O4S2. The molecule has 1 unspecified atom stereocenters. The largest absolute Gasteiger partial charge is 0.490 e. The first-order valence-corrected chi connectivity index (χ1v) is 11.4. The number of rotatable bonds is 7. The van der Waals surface area contributed by atoms with E-state index in [0.717, 1.165) is 0 Å². The summed E-state index contributed by atoms with van der Waals surface area (Å²) in [5.74, 6) is 0.0666. The van der Waals surface area contributed by atoms with Gasteiger partial charge in [0.25, 0.3) is 10.0 Å². The standard InChI is InChI=1S/C18H21ClN2O4S2/c19-15-6-1-2-7-16(15)25-11-9-20-18(22)14-5-3-10-21(13-14)27(23,24)17-8-4-12-26-17/h1-2,4,6-8,12,14H,3,5,9-11,13H2,(H,20,22). The van der Waals surface area contributed by atoms with Gasteiger partial charge in [-0.25, -0.2) is 8.42 Å². The molecule has 2 aromatic rings. The van der Waals surface area contributed by atoms with Crippen LogP contribution in [-0.4, -0.2) is 44.9 Å². The number of para-hydroxylation sites is 1. The van der Waals surface area contributed by atoms with Crippen LogP contribution in [0.25, 0.3) is 0 Å². The molecule has 1 amide bonds. The second-order valence-electron chi connectivity index (χ2n) is 6.20. The quantitative estimate of drug-likeness (QED) is 0.688. The zero-order valence-corrected chi connectivity index (χ0v) is 17.0. The predicted molar refractivity (Wildman–Crippen MR) is 106 cm³/mol. The van der Waals surface area contributed by atoms with Crippen molar-refractivity contribution in [1.29, 1.82) is 0 Å². The number of ether oxygens (including phenoxy) is 1. The van der Waals surface area contributed by atoms with Crippen molar-refractivity contribution >= 4 is 38.9 Å². The summed E-state index contributed by atoms with van der Waals surface area (Å²) in [5, 5.41) is 5.08. The van der Waals surface area contributed by atoms with E-state index in [0.29, 0.717) is 47.5 Å². The highest BCUT2D eigenvalue weighted by atomic mass is 35.5. The lowest BCUT2D eigenvalue weighted by atomic mass is 9.99. The van der Waals surface area contributed by atoms with Gasteiger partial charge in [0.2, 0.25) is 5.91 Å². The third-order valence-electron chi connectivity index (χ3n) is 4.34. The monoisotopic (exact) mass is 428 g/mol. The summed E-state index contributed by atoms with van der Waals surface area (Å²) in [5.41, 5.74) is 0. The van der Waals surface area contributed by atoms with Gasteiger partial charge < -0.3 is 10.1 Å². The van der Waals surface area contributed by atoms with Gasteiger partial charge in [-0.3, -0.25) is 4.79 Å². The van der Waals surface area contributed by atoms with Crippen LogP contribution in [0.2, 0.25) is 5.02 Å². The van der Waals surface area contributed by atoms with Crippen LogP contribution in [0, 0.1) is 5.92 Å². The third-order valence-corrected chi connectivity index (χ3v) is 7.89. The van der Waals surface area contributed by atoms with E-state index < -0.39 is 10.0 Å². The Morgan fingerprint density at radius 3 is 2.85 bits per heavy atom. The number of piperidine rings is 1. The predicted octanol–water partition coefficient (Wildman–Crippen LogP) is 3.00. The average Bonchev–Trinajstić information content (AvgIpc) is 3.22. The van der Waals surface area contributed by atoms with Crippen LogP contribution in [0.1, 0.15) is 12.8 Å². The van der Waals surface area contributed by atoms with Gasteiger partial charge in [-0.1, -0.05) is 29.8 Å². The van der Waals surface area contributed by atoms with E-state index >= 15 is 0 Å². The Bertz CT molecular complexity index is 871. The summed E-state index contributed by atoms with van der Waals surface area (Å²) in [6.45, 7) is 1.27. The van der Waals surface area contributed by atoms with Gasteiger partial charge in [-0.2, -0.15) is 4.31 Å². The summed E-state index contributed by atoms with van der Waals surface area (Å²) in [6, 6.07) is 10.4. The van der Waals surface area contributed by atoms with E-state index in [1.165, 1.54) is 15.6 Å². The molecule has 1 N–H and O–H groups in total. The molecule has 0 spiro atoms. The van der Waals surface area contributed by atoms with Crippen molar-refractivity contribution in [3.8, 4) is 5.75 Å². The molecule has 3 rings (SSSR count). The normalized spacial score (nSPS) is 18.2. The van der Waals surface area contributed by atoms with E-state index in [1.54, 1.807) is 29.6 Å². The molecule has 1 aromatic carbocycles. The Balaban J connectivity index is 1.49. The number of carbonyl (C=O) groups is 1. The van der Waals surface area contributed by atoms with Crippen LogP contribution in [-0.2, 0) is 14.8 Å². The molecule has 0 saturated carbocycles. The van der Waals surface area contributed by atoms with Crippen molar-refractivity contribution in [3.05, 3.63) is 46.8 Å². The van der Waals surface area contributed by atoms with Gasteiger partial charge in [-0.05, 0) is 36.4 Å². The highest BCUT2D eigenvalue weighted by Gasteiger charge is 2.33. The molecule has 9 heteroatoms. The molecule has 2 heterocycles.